The van der Waals surface area contributed by atoms with Gasteiger partial charge in [-0.2, -0.15) is 0 Å². The van der Waals surface area contributed by atoms with Gasteiger partial charge in [-0.25, -0.2) is 0 Å². The monoisotopic (exact) mass is 297 g/mol. The average molecular weight is 298 g/mol. The van der Waals surface area contributed by atoms with Crippen LogP contribution in [0.2, 0.25) is 5.02 Å². The second kappa shape index (κ2) is 5.66. The Morgan fingerprint density at radius 1 is 1.45 bits per heavy atom. The van der Waals surface area contributed by atoms with Crippen molar-refractivity contribution in [3.63, 3.8) is 0 Å². The molecule has 2 aromatic rings. The number of aliphatic carboxylic acids is 1. The van der Waals surface area contributed by atoms with Gasteiger partial charge in [0.25, 0.3) is 11.6 Å². The number of benzene rings is 1. The molecule has 1 N–H and O–H groups in total. The Labute approximate surface area is 117 Å². The fourth-order valence-corrected chi connectivity index (χ4v) is 1.68. The van der Waals surface area contributed by atoms with E-state index in [1.165, 1.54) is 18.2 Å². The first-order chi connectivity index (χ1) is 9.47. The van der Waals surface area contributed by atoms with Crippen molar-refractivity contribution in [3.05, 3.63) is 39.2 Å². The maximum absolute atomic E-state index is 10.9. The van der Waals surface area contributed by atoms with Crippen molar-refractivity contribution in [2.24, 2.45) is 0 Å². The summed E-state index contributed by atoms with van der Waals surface area (Å²) < 4.78 is 5.22. The van der Waals surface area contributed by atoms with Crippen molar-refractivity contribution in [2.75, 3.05) is 0 Å². The molecular formula is C11H8ClN3O5. The molecule has 1 aromatic heterocycles. The van der Waals surface area contributed by atoms with Crippen LogP contribution in [0.3, 0.4) is 0 Å². The minimum atomic E-state index is -0.998. The van der Waals surface area contributed by atoms with Gasteiger partial charge >= 0.3 is 5.97 Å². The molecule has 9 heteroatoms. The molecule has 0 amide bonds. The second-order valence-electron chi connectivity index (χ2n) is 3.81. The average Bonchev–Trinajstić information content (AvgIpc) is 2.84. The van der Waals surface area contributed by atoms with Gasteiger partial charge in [-0.05, 0) is 12.1 Å². The molecule has 0 aliphatic carbocycles. The Morgan fingerprint density at radius 3 is 2.85 bits per heavy atom. The molecule has 2 rings (SSSR count). The van der Waals surface area contributed by atoms with Crippen molar-refractivity contribution in [3.8, 4) is 11.5 Å². The number of hydrogen-bond donors (Lipinski definition) is 1. The fraction of sp³-hybridized carbons (Fsp3) is 0.182. The number of aromatic nitrogens is 2. The Hall–Kier alpha value is -2.48. The number of hydrogen-bond acceptors (Lipinski definition) is 6. The first-order valence-electron chi connectivity index (χ1n) is 5.46. The lowest BCUT2D eigenvalue weighted by Crippen LogP contribution is -1.97. The van der Waals surface area contributed by atoms with E-state index in [0.717, 1.165) is 0 Å². The molecule has 1 aromatic carbocycles. The van der Waals surface area contributed by atoms with E-state index in [2.05, 4.69) is 10.2 Å². The van der Waals surface area contributed by atoms with Crippen molar-refractivity contribution in [1.82, 2.24) is 10.2 Å². The van der Waals surface area contributed by atoms with Crippen LogP contribution in [0, 0.1) is 10.1 Å². The summed E-state index contributed by atoms with van der Waals surface area (Å²) >= 11 is 5.70. The minimum absolute atomic E-state index is 0.0474. The number of nitro groups is 1. The molecule has 0 saturated heterocycles. The number of halogens is 1. The third-order valence-corrected chi connectivity index (χ3v) is 2.64. The van der Waals surface area contributed by atoms with Crippen LogP contribution >= 0.6 is 11.6 Å². The minimum Gasteiger partial charge on any atom is -0.481 e. The molecule has 104 valence electrons. The quantitative estimate of drug-likeness (QED) is 0.664. The third-order valence-electron chi connectivity index (χ3n) is 2.41. The zero-order valence-corrected chi connectivity index (χ0v) is 10.7. The first-order valence-corrected chi connectivity index (χ1v) is 5.83. The molecule has 0 atom stereocenters. The van der Waals surface area contributed by atoms with Crippen molar-refractivity contribution in [2.45, 2.75) is 12.8 Å². The number of carboxylic acid groups (broad SMARTS) is 1. The Kier molecular flexibility index (Phi) is 3.94. The zero-order chi connectivity index (χ0) is 14.7. The Balaban J connectivity index is 2.32. The summed E-state index contributed by atoms with van der Waals surface area (Å²) in [4.78, 5) is 20.8. The van der Waals surface area contributed by atoms with Crippen LogP contribution in [0.1, 0.15) is 12.3 Å². The van der Waals surface area contributed by atoms with E-state index in [-0.39, 0.29) is 40.9 Å². The molecule has 0 bridgehead atoms. The van der Waals surface area contributed by atoms with E-state index < -0.39 is 10.9 Å². The molecule has 0 fully saturated rings. The topological polar surface area (TPSA) is 119 Å². The molecule has 0 aliphatic heterocycles. The van der Waals surface area contributed by atoms with Gasteiger partial charge in [0.1, 0.15) is 5.56 Å². The summed E-state index contributed by atoms with van der Waals surface area (Å²) in [6.07, 6.45) is -0.103. The summed E-state index contributed by atoms with van der Waals surface area (Å²) in [5.74, 6) is -0.942. The third kappa shape index (κ3) is 3.09. The summed E-state index contributed by atoms with van der Waals surface area (Å²) in [6, 6.07) is 4.04. The predicted octanol–water partition coefficient (Wildman–Crippen LogP) is 2.32. The lowest BCUT2D eigenvalue weighted by molar-refractivity contribution is -0.384. The van der Waals surface area contributed by atoms with Crippen molar-refractivity contribution in [1.29, 1.82) is 0 Å². The molecule has 0 spiro atoms. The van der Waals surface area contributed by atoms with Gasteiger partial charge in [-0.15, -0.1) is 10.2 Å². The van der Waals surface area contributed by atoms with E-state index >= 15 is 0 Å². The highest BCUT2D eigenvalue weighted by atomic mass is 35.5. The number of carboxylic acids is 1. The van der Waals surface area contributed by atoms with E-state index in [0.29, 0.717) is 0 Å². The Bertz CT molecular complexity index is 670. The van der Waals surface area contributed by atoms with Crippen molar-refractivity contribution >= 4 is 23.3 Å². The summed E-state index contributed by atoms with van der Waals surface area (Å²) in [5.41, 5.74) is -0.126. The van der Waals surface area contributed by atoms with E-state index in [4.69, 9.17) is 21.1 Å². The first kappa shape index (κ1) is 13.9. The van der Waals surface area contributed by atoms with Crippen LogP contribution in [0.5, 0.6) is 0 Å². The number of aryl methyl sites for hydroxylation is 1. The standard InChI is InChI=1S/C11H8ClN3O5/c12-6-1-2-7(8(5-6)15(18)19)11-14-13-9(20-11)3-4-10(16)17/h1-2,5H,3-4H2,(H,16,17). The van der Waals surface area contributed by atoms with Gasteiger partial charge in [-0.3, -0.25) is 14.9 Å². The van der Waals surface area contributed by atoms with Crippen LogP contribution in [0.15, 0.2) is 22.6 Å². The number of nitrogens with zero attached hydrogens (tertiary/aromatic N) is 3. The van der Waals surface area contributed by atoms with Crippen LogP contribution in [-0.4, -0.2) is 26.2 Å². The van der Waals surface area contributed by atoms with Gasteiger partial charge in [0.15, 0.2) is 0 Å². The SMILES string of the molecule is O=C(O)CCc1nnc(-c2ccc(Cl)cc2[N+](=O)[O-])o1. The lowest BCUT2D eigenvalue weighted by Gasteiger charge is -1.98. The highest BCUT2D eigenvalue weighted by molar-refractivity contribution is 6.30. The van der Waals surface area contributed by atoms with Crippen LogP contribution in [0.4, 0.5) is 5.69 Å². The maximum Gasteiger partial charge on any atom is 0.303 e. The van der Waals surface area contributed by atoms with Gasteiger partial charge in [-0.1, -0.05) is 11.6 Å². The largest absolute Gasteiger partial charge is 0.481 e. The Morgan fingerprint density at radius 2 is 2.20 bits per heavy atom. The van der Waals surface area contributed by atoms with Gasteiger partial charge in [0, 0.05) is 17.5 Å². The normalized spacial score (nSPS) is 10.4. The smallest absolute Gasteiger partial charge is 0.303 e. The predicted molar refractivity (Wildman–Crippen MR) is 67.4 cm³/mol. The molecule has 0 aliphatic rings. The highest BCUT2D eigenvalue weighted by Gasteiger charge is 2.21. The number of nitro benzene ring substituents is 1. The fourth-order valence-electron chi connectivity index (χ4n) is 1.51. The number of rotatable bonds is 5. The van der Waals surface area contributed by atoms with Crippen LogP contribution in [0.25, 0.3) is 11.5 Å². The van der Waals surface area contributed by atoms with Crippen LogP contribution in [-0.2, 0) is 11.2 Å². The molecule has 0 unspecified atom stereocenters. The molecule has 0 radical (unpaired) electrons. The van der Waals surface area contributed by atoms with Crippen LogP contribution < -0.4 is 0 Å². The highest BCUT2D eigenvalue weighted by Crippen LogP contribution is 2.31. The summed E-state index contributed by atoms with van der Waals surface area (Å²) in [6.45, 7) is 0. The molecule has 0 saturated carbocycles. The van der Waals surface area contributed by atoms with E-state index in [1.807, 2.05) is 0 Å². The maximum atomic E-state index is 10.9. The molecular weight excluding hydrogens is 290 g/mol. The summed E-state index contributed by atoms with van der Waals surface area (Å²) in [7, 11) is 0. The molecule has 1 heterocycles. The number of carbonyl (C=O) groups is 1. The van der Waals surface area contributed by atoms with Gasteiger partial charge in [0.2, 0.25) is 5.89 Å². The molecule has 8 nitrogen and oxygen atoms in total. The zero-order valence-electron chi connectivity index (χ0n) is 9.95. The van der Waals surface area contributed by atoms with Crippen molar-refractivity contribution < 1.29 is 19.2 Å². The molecule has 20 heavy (non-hydrogen) atoms. The summed E-state index contributed by atoms with van der Waals surface area (Å²) in [5, 5.41) is 27.0. The van der Waals surface area contributed by atoms with E-state index in [9.17, 15) is 14.9 Å². The van der Waals surface area contributed by atoms with E-state index in [1.54, 1.807) is 0 Å². The van der Waals surface area contributed by atoms with Gasteiger partial charge in [0.05, 0.1) is 11.3 Å². The van der Waals surface area contributed by atoms with Gasteiger partial charge < -0.3 is 9.52 Å². The lowest BCUT2D eigenvalue weighted by atomic mass is 10.2. The second-order valence-corrected chi connectivity index (χ2v) is 4.25.